The Hall–Kier alpha value is -1.56. The zero-order chi connectivity index (χ0) is 13.4. The minimum atomic E-state index is -0.742. The molecule has 1 aromatic carbocycles. The minimum absolute atomic E-state index is 0.0374. The van der Waals surface area contributed by atoms with E-state index >= 15 is 0 Å². The third-order valence-electron chi connectivity index (χ3n) is 2.67. The van der Waals surface area contributed by atoms with Gasteiger partial charge in [0, 0.05) is 17.4 Å². The molecule has 0 aromatic heterocycles. The molecule has 0 saturated heterocycles. The second-order valence-corrected chi connectivity index (χ2v) is 4.88. The molecule has 0 fully saturated rings. The molecule has 2 rings (SSSR count). The van der Waals surface area contributed by atoms with Crippen LogP contribution in [0, 0.1) is 5.82 Å². The Morgan fingerprint density at radius 2 is 2.06 bits per heavy atom. The number of carbonyl (C=O) groups is 3. The van der Waals surface area contributed by atoms with E-state index in [9.17, 15) is 18.8 Å². The van der Waals surface area contributed by atoms with Gasteiger partial charge in [-0.3, -0.25) is 14.4 Å². The number of rotatable bonds is 3. The summed E-state index contributed by atoms with van der Waals surface area (Å²) in [6, 6.07) is 2.22. The molecular formula is C12H9BrFNO3. The molecule has 0 saturated carbocycles. The van der Waals surface area contributed by atoms with Gasteiger partial charge in [-0.2, -0.15) is 0 Å². The first-order chi connectivity index (χ1) is 8.41. The highest BCUT2D eigenvalue weighted by molar-refractivity contribution is 9.10. The van der Waals surface area contributed by atoms with Gasteiger partial charge in [0.2, 0.25) is 0 Å². The lowest BCUT2D eigenvalue weighted by atomic mass is 10.1. The summed E-state index contributed by atoms with van der Waals surface area (Å²) < 4.78 is 13.5. The van der Waals surface area contributed by atoms with Gasteiger partial charge in [0.05, 0.1) is 11.3 Å². The first-order valence-corrected chi connectivity index (χ1v) is 6.06. The summed E-state index contributed by atoms with van der Waals surface area (Å²) in [7, 11) is 0. The van der Waals surface area contributed by atoms with Crippen molar-refractivity contribution in [3.8, 4) is 0 Å². The number of ketones is 2. The molecule has 4 nitrogen and oxygen atoms in total. The fourth-order valence-electron chi connectivity index (χ4n) is 1.84. The zero-order valence-corrected chi connectivity index (χ0v) is 11.1. The molecule has 1 aliphatic rings. The molecule has 0 unspecified atom stereocenters. The molecule has 0 radical (unpaired) electrons. The highest BCUT2D eigenvalue weighted by atomic mass is 79.9. The third-order valence-corrected chi connectivity index (χ3v) is 3.27. The van der Waals surface area contributed by atoms with Crippen LogP contribution in [0.2, 0.25) is 0 Å². The van der Waals surface area contributed by atoms with Crippen LogP contribution in [0.1, 0.15) is 23.7 Å². The van der Waals surface area contributed by atoms with Crippen molar-refractivity contribution in [2.45, 2.75) is 13.3 Å². The summed E-state index contributed by atoms with van der Waals surface area (Å²) in [5, 5.41) is 0. The van der Waals surface area contributed by atoms with E-state index in [1.807, 2.05) is 0 Å². The molecule has 1 amide bonds. The van der Waals surface area contributed by atoms with Crippen molar-refractivity contribution >= 4 is 39.1 Å². The molecule has 18 heavy (non-hydrogen) atoms. The van der Waals surface area contributed by atoms with E-state index in [0.29, 0.717) is 10.2 Å². The number of anilines is 1. The van der Waals surface area contributed by atoms with E-state index in [0.717, 1.165) is 6.07 Å². The number of benzene rings is 1. The molecule has 0 bridgehead atoms. The number of halogens is 2. The van der Waals surface area contributed by atoms with Crippen molar-refractivity contribution in [1.82, 2.24) is 0 Å². The van der Waals surface area contributed by atoms with Crippen LogP contribution in [0.15, 0.2) is 16.6 Å². The number of nitrogens with zero attached hydrogens (tertiary/aromatic N) is 1. The molecule has 0 spiro atoms. The summed E-state index contributed by atoms with van der Waals surface area (Å²) in [6.45, 7) is 1.53. The topological polar surface area (TPSA) is 54.5 Å². The van der Waals surface area contributed by atoms with Crippen LogP contribution >= 0.6 is 15.9 Å². The lowest BCUT2D eigenvalue weighted by Gasteiger charge is -2.16. The Bertz CT molecular complexity index is 571. The monoisotopic (exact) mass is 313 g/mol. The van der Waals surface area contributed by atoms with Gasteiger partial charge in [0.15, 0.2) is 0 Å². The van der Waals surface area contributed by atoms with Gasteiger partial charge in [-0.05, 0) is 35.0 Å². The number of Topliss-reactive ketones (excluding diaryl/α,β-unsaturated/α-hetero) is 2. The molecule has 0 N–H and O–H groups in total. The van der Waals surface area contributed by atoms with Gasteiger partial charge in [0.1, 0.15) is 11.6 Å². The summed E-state index contributed by atoms with van der Waals surface area (Å²) in [5.74, 6) is -2.14. The fraction of sp³-hybridized carbons (Fsp3) is 0.250. The largest absolute Gasteiger partial charge is 0.303 e. The lowest BCUT2D eigenvalue weighted by molar-refractivity contribution is -0.117. The Morgan fingerprint density at radius 3 is 2.67 bits per heavy atom. The maximum Gasteiger partial charge on any atom is 0.299 e. The van der Waals surface area contributed by atoms with Crippen LogP contribution in [0.5, 0.6) is 0 Å². The van der Waals surface area contributed by atoms with E-state index in [-0.39, 0.29) is 24.3 Å². The average molecular weight is 314 g/mol. The second-order valence-electron chi connectivity index (χ2n) is 4.02. The summed E-state index contributed by atoms with van der Waals surface area (Å²) >= 11 is 3.13. The predicted molar refractivity (Wildman–Crippen MR) is 66.1 cm³/mol. The molecule has 0 atom stereocenters. The van der Waals surface area contributed by atoms with Crippen molar-refractivity contribution in [3.05, 3.63) is 28.0 Å². The van der Waals surface area contributed by atoms with E-state index < -0.39 is 17.5 Å². The van der Waals surface area contributed by atoms with E-state index in [2.05, 4.69) is 15.9 Å². The summed E-state index contributed by atoms with van der Waals surface area (Å²) in [5.41, 5.74) is 0.378. The Morgan fingerprint density at radius 1 is 1.39 bits per heavy atom. The molecular weight excluding hydrogens is 305 g/mol. The van der Waals surface area contributed by atoms with Crippen LogP contribution in [-0.2, 0) is 9.59 Å². The van der Waals surface area contributed by atoms with Crippen LogP contribution < -0.4 is 4.90 Å². The molecule has 94 valence electrons. The van der Waals surface area contributed by atoms with Crippen LogP contribution in [0.25, 0.3) is 0 Å². The normalized spacial score (nSPS) is 14.1. The van der Waals surface area contributed by atoms with E-state index in [1.54, 1.807) is 0 Å². The minimum Gasteiger partial charge on any atom is -0.303 e. The van der Waals surface area contributed by atoms with Gasteiger partial charge >= 0.3 is 0 Å². The SMILES string of the molecule is CC(=O)CCN1C(=O)C(=O)c2cc(F)cc(Br)c21. The standard InChI is InChI=1S/C12H9BrFNO3/c1-6(16)2-3-15-10-8(11(17)12(15)18)4-7(14)5-9(10)13/h4-5H,2-3H2,1H3. The fourth-order valence-corrected chi connectivity index (χ4v) is 2.48. The Balaban J connectivity index is 2.45. The number of carbonyl (C=O) groups excluding carboxylic acids is 3. The number of hydrogen-bond acceptors (Lipinski definition) is 3. The summed E-state index contributed by atoms with van der Waals surface area (Å²) in [6.07, 6.45) is 0.155. The van der Waals surface area contributed by atoms with Crippen molar-refractivity contribution in [1.29, 1.82) is 0 Å². The maximum atomic E-state index is 13.2. The molecule has 6 heteroatoms. The van der Waals surface area contributed by atoms with Crippen molar-refractivity contribution in [2.24, 2.45) is 0 Å². The highest BCUT2D eigenvalue weighted by Crippen LogP contribution is 2.36. The maximum absolute atomic E-state index is 13.2. The lowest BCUT2D eigenvalue weighted by Crippen LogP contribution is -2.31. The highest BCUT2D eigenvalue weighted by Gasteiger charge is 2.37. The Labute approximate surface area is 111 Å². The van der Waals surface area contributed by atoms with Crippen molar-refractivity contribution < 1.29 is 18.8 Å². The van der Waals surface area contributed by atoms with Gasteiger partial charge < -0.3 is 4.90 Å². The molecule has 1 aromatic rings. The van der Waals surface area contributed by atoms with E-state index in [1.165, 1.54) is 17.9 Å². The third kappa shape index (κ3) is 2.08. The molecule has 1 aliphatic heterocycles. The molecule has 1 heterocycles. The first-order valence-electron chi connectivity index (χ1n) is 5.26. The first kappa shape index (κ1) is 12.9. The predicted octanol–water partition coefficient (Wildman–Crippen LogP) is 2.10. The zero-order valence-electron chi connectivity index (χ0n) is 9.50. The molecule has 0 aliphatic carbocycles. The number of amides is 1. The Kier molecular flexibility index (Phi) is 3.30. The average Bonchev–Trinajstić information content (AvgIpc) is 2.51. The van der Waals surface area contributed by atoms with E-state index in [4.69, 9.17) is 0 Å². The summed E-state index contributed by atoms with van der Waals surface area (Å²) in [4.78, 5) is 35.6. The van der Waals surface area contributed by atoms with Crippen molar-refractivity contribution in [3.63, 3.8) is 0 Å². The number of hydrogen-bond donors (Lipinski definition) is 0. The second kappa shape index (κ2) is 4.61. The smallest absolute Gasteiger partial charge is 0.299 e. The van der Waals surface area contributed by atoms with Crippen molar-refractivity contribution in [2.75, 3.05) is 11.4 Å². The van der Waals surface area contributed by atoms with Gasteiger partial charge in [-0.1, -0.05) is 0 Å². The van der Waals surface area contributed by atoms with Crippen LogP contribution in [0.4, 0.5) is 10.1 Å². The quantitative estimate of drug-likeness (QED) is 0.803. The van der Waals surface area contributed by atoms with Crippen LogP contribution in [-0.4, -0.2) is 24.0 Å². The van der Waals surface area contributed by atoms with Gasteiger partial charge in [0.25, 0.3) is 11.7 Å². The van der Waals surface area contributed by atoms with Gasteiger partial charge in [-0.15, -0.1) is 0 Å². The number of fused-ring (bicyclic) bond motifs is 1. The van der Waals surface area contributed by atoms with Gasteiger partial charge in [-0.25, -0.2) is 4.39 Å². The van der Waals surface area contributed by atoms with Crippen LogP contribution in [0.3, 0.4) is 0 Å².